The molecule has 0 aliphatic heterocycles. The second-order valence-electron chi connectivity index (χ2n) is 5.20. The summed E-state index contributed by atoms with van der Waals surface area (Å²) >= 11 is 0. The van der Waals surface area contributed by atoms with Crippen molar-refractivity contribution in [1.82, 2.24) is 0 Å². The molecular weight excluding hydrogens is 229 g/mol. The van der Waals surface area contributed by atoms with Gasteiger partial charge in [-0.2, -0.15) is 0 Å². The van der Waals surface area contributed by atoms with Crippen molar-refractivity contribution < 1.29 is 9.13 Å². The minimum Gasteiger partial charge on any atom is -0.373 e. The minimum absolute atomic E-state index is 0.186. The summed E-state index contributed by atoms with van der Waals surface area (Å²) in [6, 6.07) is 4.86. The van der Waals surface area contributed by atoms with Crippen LogP contribution in [-0.2, 0) is 11.3 Å². The van der Waals surface area contributed by atoms with Gasteiger partial charge in [0, 0.05) is 0 Å². The number of nitrogens with two attached hydrogens (primary N) is 1. The Labute approximate surface area is 108 Å². The first kappa shape index (κ1) is 13.5. The molecule has 2 atom stereocenters. The minimum atomic E-state index is -0.186. The van der Waals surface area contributed by atoms with Crippen molar-refractivity contribution in [2.45, 2.75) is 45.3 Å². The standard InChI is InChI=1S/C15H22FNO/c1-11-8-14(16)7-6-13(11)10-18-15-5-3-2-4-12(15)9-17/h6-8,12,15H,2-5,9-10,17H2,1H3. The fourth-order valence-corrected chi connectivity index (χ4v) is 2.68. The molecule has 0 amide bonds. The molecular formula is C15H22FNO. The van der Waals surface area contributed by atoms with Crippen LogP contribution in [0.15, 0.2) is 18.2 Å². The van der Waals surface area contributed by atoms with Gasteiger partial charge in [0.2, 0.25) is 0 Å². The zero-order chi connectivity index (χ0) is 13.0. The number of aryl methyl sites for hydroxylation is 1. The molecule has 0 heterocycles. The molecule has 1 aliphatic rings. The van der Waals surface area contributed by atoms with Crippen molar-refractivity contribution in [3.63, 3.8) is 0 Å². The Hall–Kier alpha value is -0.930. The van der Waals surface area contributed by atoms with Crippen molar-refractivity contribution >= 4 is 0 Å². The van der Waals surface area contributed by atoms with Gasteiger partial charge in [-0.05, 0) is 55.5 Å². The average Bonchev–Trinajstić information content (AvgIpc) is 2.38. The summed E-state index contributed by atoms with van der Waals surface area (Å²) in [5, 5.41) is 0. The smallest absolute Gasteiger partial charge is 0.123 e. The van der Waals surface area contributed by atoms with Crippen LogP contribution in [0.3, 0.4) is 0 Å². The largest absolute Gasteiger partial charge is 0.373 e. The van der Waals surface area contributed by atoms with Crippen LogP contribution in [0.2, 0.25) is 0 Å². The predicted molar refractivity (Wildman–Crippen MR) is 70.7 cm³/mol. The molecule has 0 aromatic heterocycles. The first-order valence-corrected chi connectivity index (χ1v) is 6.77. The summed E-state index contributed by atoms with van der Waals surface area (Å²) in [6.45, 7) is 3.18. The maximum absolute atomic E-state index is 13.0. The van der Waals surface area contributed by atoms with E-state index < -0.39 is 0 Å². The molecule has 3 heteroatoms. The third-order valence-corrected chi connectivity index (χ3v) is 3.90. The number of hydrogen-bond acceptors (Lipinski definition) is 2. The Balaban J connectivity index is 1.93. The van der Waals surface area contributed by atoms with Gasteiger partial charge in [0.1, 0.15) is 5.82 Å². The quantitative estimate of drug-likeness (QED) is 0.892. The zero-order valence-corrected chi connectivity index (χ0v) is 11.0. The highest BCUT2D eigenvalue weighted by Gasteiger charge is 2.24. The summed E-state index contributed by atoms with van der Waals surface area (Å²) in [5.74, 6) is 0.299. The second kappa shape index (κ2) is 6.30. The number of ether oxygens (including phenoxy) is 1. The summed E-state index contributed by atoms with van der Waals surface area (Å²) < 4.78 is 19.0. The second-order valence-corrected chi connectivity index (χ2v) is 5.20. The SMILES string of the molecule is Cc1cc(F)ccc1COC1CCCCC1CN. The van der Waals surface area contributed by atoms with Crippen LogP contribution < -0.4 is 5.73 Å². The van der Waals surface area contributed by atoms with Crippen LogP contribution in [0, 0.1) is 18.7 Å². The van der Waals surface area contributed by atoms with Gasteiger partial charge in [0.15, 0.2) is 0 Å². The van der Waals surface area contributed by atoms with Crippen LogP contribution in [-0.4, -0.2) is 12.6 Å². The Bertz CT molecular complexity index is 394. The van der Waals surface area contributed by atoms with E-state index in [1.165, 1.54) is 25.3 Å². The van der Waals surface area contributed by atoms with E-state index in [2.05, 4.69) is 0 Å². The van der Waals surface area contributed by atoms with E-state index in [9.17, 15) is 4.39 Å². The van der Waals surface area contributed by atoms with Crippen LogP contribution in [0.1, 0.15) is 36.8 Å². The lowest BCUT2D eigenvalue weighted by Gasteiger charge is -2.30. The highest BCUT2D eigenvalue weighted by atomic mass is 19.1. The van der Waals surface area contributed by atoms with Gasteiger partial charge in [-0.1, -0.05) is 18.9 Å². The van der Waals surface area contributed by atoms with Gasteiger partial charge in [0.25, 0.3) is 0 Å². The van der Waals surface area contributed by atoms with Crippen molar-refractivity contribution in [3.05, 3.63) is 35.1 Å². The van der Waals surface area contributed by atoms with E-state index in [1.807, 2.05) is 13.0 Å². The monoisotopic (exact) mass is 251 g/mol. The molecule has 100 valence electrons. The van der Waals surface area contributed by atoms with E-state index >= 15 is 0 Å². The Kier molecular flexibility index (Phi) is 4.72. The van der Waals surface area contributed by atoms with Gasteiger partial charge in [-0.3, -0.25) is 0 Å². The number of benzene rings is 1. The molecule has 2 rings (SSSR count). The van der Waals surface area contributed by atoms with Gasteiger partial charge < -0.3 is 10.5 Å². The summed E-state index contributed by atoms with van der Waals surface area (Å²) in [4.78, 5) is 0. The number of rotatable bonds is 4. The molecule has 0 radical (unpaired) electrons. The Morgan fingerprint density at radius 2 is 2.11 bits per heavy atom. The molecule has 2 unspecified atom stereocenters. The van der Waals surface area contributed by atoms with Crippen molar-refractivity contribution in [2.75, 3.05) is 6.54 Å². The van der Waals surface area contributed by atoms with Crippen LogP contribution in [0.5, 0.6) is 0 Å². The van der Waals surface area contributed by atoms with Gasteiger partial charge in [-0.15, -0.1) is 0 Å². The lowest BCUT2D eigenvalue weighted by atomic mass is 9.86. The first-order chi connectivity index (χ1) is 8.70. The maximum atomic E-state index is 13.0. The average molecular weight is 251 g/mol. The number of hydrogen-bond donors (Lipinski definition) is 1. The molecule has 18 heavy (non-hydrogen) atoms. The van der Waals surface area contributed by atoms with Gasteiger partial charge >= 0.3 is 0 Å². The van der Waals surface area contributed by atoms with Crippen LogP contribution >= 0.6 is 0 Å². The molecule has 0 spiro atoms. The van der Waals surface area contributed by atoms with Crippen LogP contribution in [0.25, 0.3) is 0 Å². The lowest BCUT2D eigenvalue weighted by molar-refractivity contribution is -0.0184. The molecule has 0 bridgehead atoms. The maximum Gasteiger partial charge on any atom is 0.123 e. The molecule has 0 saturated heterocycles. The molecule has 2 N–H and O–H groups in total. The fraction of sp³-hybridized carbons (Fsp3) is 0.600. The molecule has 1 aliphatic carbocycles. The summed E-state index contributed by atoms with van der Waals surface area (Å²) in [5.41, 5.74) is 7.80. The third-order valence-electron chi connectivity index (χ3n) is 3.90. The third kappa shape index (κ3) is 3.30. The highest BCUT2D eigenvalue weighted by Crippen LogP contribution is 2.27. The van der Waals surface area contributed by atoms with Crippen molar-refractivity contribution in [3.8, 4) is 0 Å². The zero-order valence-electron chi connectivity index (χ0n) is 11.0. The van der Waals surface area contributed by atoms with E-state index in [4.69, 9.17) is 10.5 Å². The Morgan fingerprint density at radius 3 is 2.83 bits per heavy atom. The van der Waals surface area contributed by atoms with Crippen LogP contribution in [0.4, 0.5) is 4.39 Å². The highest BCUT2D eigenvalue weighted by molar-refractivity contribution is 5.25. The molecule has 2 nitrogen and oxygen atoms in total. The number of halogens is 1. The first-order valence-electron chi connectivity index (χ1n) is 6.77. The van der Waals surface area contributed by atoms with E-state index in [0.29, 0.717) is 19.1 Å². The van der Waals surface area contributed by atoms with Gasteiger partial charge in [-0.25, -0.2) is 4.39 Å². The van der Waals surface area contributed by atoms with Crippen molar-refractivity contribution in [1.29, 1.82) is 0 Å². The molecule has 1 saturated carbocycles. The normalized spacial score (nSPS) is 24.2. The topological polar surface area (TPSA) is 35.2 Å². The predicted octanol–water partition coefficient (Wildman–Crippen LogP) is 3.17. The molecule has 1 fully saturated rings. The molecule has 1 aromatic rings. The van der Waals surface area contributed by atoms with Gasteiger partial charge in [0.05, 0.1) is 12.7 Å². The summed E-state index contributed by atoms with van der Waals surface area (Å²) in [7, 11) is 0. The van der Waals surface area contributed by atoms with E-state index in [0.717, 1.165) is 17.5 Å². The molecule has 1 aromatic carbocycles. The Morgan fingerprint density at radius 1 is 1.33 bits per heavy atom. The van der Waals surface area contributed by atoms with Crippen molar-refractivity contribution in [2.24, 2.45) is 11.7 Å². The van der Waals surface area contributed by atoms with E-state index in [1.54, 1.807) is 6.07 Å². The lowest BCUT2D eigenvalue weighted by Crippen LogP contribution is -2.33. The fourth-order valence-electron chi connectivity index (χ4n) is 2.68. The summed E-state index contributed by atoms with van der Waals surface area (Å²) in [6.07, 6.45) is 5.03. The van der Waals surface area contributed by atoms with E-state index in [-0.39, 0.29) is 11.9 Å².